The summed E-state index contributed by atoms with van der Waals surface area (Å²) in [6, 6.07) is 13.5. The third kappa shape index (κ3) is 2.95. The second kappa shape index (κ2) is 5.68. The highest BCUT2D eigenvalue weighted by Gasteiger charge is 2.08. The number of thiophene rings is 1. The highest BCUT2D eigenvalue weighted by molar-refractivity contribution is 9.11. The highest BCUT2D eigenvalue weighted by Crippen LogP contribution is 2.25. The molecule has 1 N–H and O–H groups in total. The van der Waals surface area contributed by atoms with Crippen molar-refractivity contribution >= 4 is 64.9 Å². The third-order valence-corrected chi connectivity index (χ3v) is 4.65. The van der Waals surface area contributed by atoms with E-state index in [0.29, 0.717) is 5.56 Å². The first-order chi connectivity index (χ1) is 9.61. The fraction of sp³-hybridized carbons (Fsp3) is 0. The molecular formula is C15H9Br2NOS. The number of hydrogen-bond donors (Lipinski definition) is 1. The average molecular weight is 411 g/mol. The van der Waals surface area contributed by atoms with Crippen LogP contribution in [0.4, 0.5) is 5.69 Å². The molecule has 2 aromatic carbocycles. The first-order valence-electron chi connectivity index (χ1n) is 5.86. The Hall–Kier alpha value is -1.17. The Balaban J connectivity index is 1.87. The lowest BCUT2D eigenvalue weighted by atomic mass is 10.2. The van der Waals surface area contributed by atoms with Crippen LogP contribution in [0.3, 0.4) is 0 Å². The topological polar surface area (TPSA) is 29.1 Å². The number of halogens is 2. The zero-order valence-electron chi connectivity index (χ0n) is 10.2. The minimum Gasteiger partial charge on any atom is -0.322 e. The van der Waals surface area contributed by atoms with Gasteiger partial charge in [0.15, 0.2) is 0 Å². The molecule has 0 radical (unpaired) electrons. The van der Waals surface area contributed by atoms with E-state index in [-0.39, 0.29) is 5.91 Å². The van der Waals surface area contributed by atoms with E-state index in [9.17, 15) is 4.79 Å². The fourth-order valence-corrected chi connectivity index (χ4v) is 4.00. The molecule has 0 unspecified atom stereocenters. The molecule has 20 heavy (non-hydrogen) atoms. The van der Waals surface area contributed by atoms with E-state index in [1.165, 1.54) is 4.70 Å². The van der Waals surface area contributed by atoms with Crippen LogP contribution >= 0.6 is 43.2 Å². The molecule has 1 aromatic heterocycles. The third-order valence-electron chi connectivity index (χ3n) is 2.84. The van der Waals surface area contributed by atoms with E-state index in [2.05, 4.69) is 37.2 Å². The Kier molecular flexibility index (Phi) is 3.92. The van der Waals surface area contributed by atoms with Crippen LogP contribution in [0.5, 0.6) is 0 Å². The summed E-state index contributed by atoms with van der Waals surface area (Å²) in [6.45, 7) is 0. The van der Waals surface area contributed by atoms with E-state index in [0.717, 1.165) is 20.0 Å². The van der Waals surface area contributed by atoms with Crippen LogP contribution in [0.1, 0.15) is 10.4 Å². The zero-order chi connectivity index (χ0) is 14.1. The van der Waals surface area contributed by atoms with Gasteiger partial charge in [0, 0.05) is 24.9 Å². The van der Waals surface area contributed by atoms with E-state index in [1.807, 2.05) is 35.7 Å². The first kappa shape index (κ1) is 13.8. The van der Waals surface area contributed by atoms with E-state index in [4.69, 9.17) is 0 Å². The van der Waals surface area contributed by atoms with E-state index >= 15 is 0 Å². The van der Waals surface area contributed by atoms with Gasteiger partial charge in [0.1, 0.15) is 0 Å². The quantitative estimate of drug-likeness (QED) is 0.578. The minimum absolute atomic E-state index is 0.124. The number of hydrogen-bond acceptors (Lipinski definition) is 2. The van der Waals surface area contributed by atoms with Crippen molar-refractivity contribution in [3.8, 4) is 0 Å². The summed E-state index contributed by atoms with van der Waals surface area (Å²) in [4.78, 5) is 12.2. The van der Waals surface area contributed by atoms with Crippen LogP contribution in [-0.2, 0) is 0 Å². The normalized spacial score (nSPS) is 10.7. The maximum atomic E-state index is 12.2. The highest BCUT2D eigenvalue weighted by atomic mass is 79.9. The average Bonchev–Trinajstić information content (AvgIpc) is 2.85. The predicted octanol–water partition coefficient (Wildman–Crippen LogP) is 5.68. The molecule has 0 saturated carbocycles. The molecule has 2 nitrogen and oxygen atoms in total. The van der Waals surface area contributed by atoms with E-state index < -0.39 is 0 Å². The Bertz CT molecular complexity index is 777. The van der Waals surface area contributed by atoms with Gasteiger partial charge in [-0.05, 0) is 53.2 Å². The van der Waals surface area contributed by atoms with Gasteiger partial charge in [-0.2, -0.15) is 0 Å². The molecule has 3 rings (SSSR count). The molecule has 0 aliphatic carbocycles. The van der Waals surface area contributed by atoms with Crippen molar-refractivity contribution in [1.82, 2.24) is 0 Å². The summed E-state index contributed by atoms with van der Waals surface area (Å²) in [5.74, 6) is -0.124. The fourth-order valence-electron chi connectivity index (χ4n) is 1.93. The zero-order valence-corrected chi connectivity index (χ0v) is 14.2. The molecule has 1 amide bonds. The van der Waals surface area contributed by atoms with Gasteiger partial charge >= 0.3 is 0 Å². The molecule has 1 heterocycles. The van der Waals surface area contributed by atoms with Crippen molar-refractivity contribution < 1.29 is 4.79 Å². The number of rotatable bonds is 2. The maximum Gasteiger partial charge on any atom is 0.255 e. The lowest BCUT2D eigenvalue weighted by molar-refractivity contribution is 0.102. The molecule has 0 aliphatic heterocycles. The molecule has 0 fully saturated rings. The molecule has 0 bridgehead atoms. The van der Waals surface area contributed by atoms with Gasteiger partial charge in [-0.1, -0.05) is 31.9 Å². The maximum absolute atomic E-state index is 12.2. The van der Waals surface area contributed by atoms with Gasteiger partial charge in [0.25, 0.3) is 5.91 Å². The van der Waals surface area contributed by atoms with Crippen LogP contribution in [0.2, 0.25) is 0 Å². The van der Waals surface area contributed by atoms with Gasteiger partial charge < -0.3 is 5.32 Å². The Morgan fingerprint density at radius 2 is 1.75 bits per heavy atom. The van der Waals surface area contributed by atoms with Crippen molar-refractivity contribution in [3.63, 3.8) is 0 Å². The van der Waals surface area contributed by atoms with Crippen molar-refractivity contribution in [2.45, 2.75) is 0 Å². The van der Waals surface area contributed by atoms with Crippen molar-refractivity contribution in [2.24, 2.45) is 0 Å². The van der Waals surface area contributed by atoms with Gasteiger partial charge in [-0.3, -0.25) is 4.79 Å². The van der Waals surface area contributed by atoms with Crippen LogP contribution < -0.4 is 5.32 Å². The lowest BCUT2D eigenvalue weighted by Crippen LogP contribution is -2.11. The lowest BCUT2D eigenvalue weighted by Gasteiger charge is -2.06. The molecule has 3 aromatic rings. The van der Waals surface area contributed by atoms with Crippen molar-refractivity contribution in [2.75, 3.05) is 5.32 Å². The summed E-state index contributed by atoms with van der Waals surface area (Å²) in [6.07, 6.45) is 0. The van der Waals surface area contributed by atoms with E-state index in [1.54, 1.807) is 23.5 Å². The minimum atomic E-state index is -0.124. The summed E-state index contributed by atoms with van der Waals surface area (Å²) in [7, 11) is 0. The Morgan fingerprint density at radius 3 is 2.50 bits per heavy atom. The number of amides is 1. The Morgan fingerprint density at radius 1 is 1.00 bits per heavy atom. The van der Waals surface area contributed by atoms with Crippen LogP contribution in [0.25, 0.3) is 10.1 Å². The molecule has 0 aliphatic rings. The summed E-state index contributed by atoms with van der Waals surface area (Å²) in [5.41, 5.74) is 1.41. The molecule has 0 spiro atoms. The summed E-state index contributed by atoms with van der Waals surface area (Å²) < 4.78 is 2.95. The molecule has 0 atom stereocenters. The number of nitrogens with one attached hydrogen (secondary N) is 1. The monoisotopic (exact) mass is 409 g/mol. The standard InChI is InChI=1S/C15H9Br2NOS/c16-11-5-10(6-12(17)8-11)15(19)18-13-1-2-14-9(7-13)3-4-20-14/h1-8H,(H,18,19). The predicted molar refractivity (Wildman–Crippen MR) is 91.6 cm³/mol. The summed E-state index contributed by atoms with van der Waals surface area (Å²) in [5, 5.41) is 6.10. The van der Waals surface area contributed by atoms with Crippen molar-refractivity contribution in [1.29, 1.82) is 0 Å². The molecule has 100 valence electrons. The largest absolute Gasteiger partial charge is 0.322 e. The number of anilines is 1. The van der Waals surface area contributed by atoms with Gasteiger partial charge in [-0.15, -0.1) is 11.3 Å². The van der Waals surface area contributed by atoms with Gasteiger partial charge in [-0.25, -0.2) is 0 Å². The van der Waals surface area contributed by atoms with Gasteiger partial charge in [0.2, 0.25) is 0 Å². The number of fused-ring (bicyclic) bond motifs is 1. The number of carbonyl (C=O) groups is 1. The van der Waals surface area contributed by atoms with Crippen LogP contribution in [0, 0.1) is 0 Å². The second-order valence-corrected chi connectivity index (χ2v) is 7.06. The summed E-state index contributed by atoms with van der Waals surface area (Å²) >= 11 is 8.46. The van der Waals surface area contributed by atoms with Crippen molar-refractivity contribution in [3.05, 3.63) is 62.4 Å². The Labute approximate surface area is 137 Å². The molecule has 0 saturated heterocycles. The number of carbonyl (C=O) groups excluding carboxylic acids is 1. The number of benzene rings is 2. The second-order valence-electron chi connectivity index (χ2n) is 4.29. The van der Waals surface area contributed by atoms with Crippen LogP contribution in [-0.4, -0.2) is 5.91 Å². The molecular weight excluding hydrogens is 402 g/mol. The smallest absolute Gasteiger partial charge is 0.255 e. The first-order valence-corrected chi connectivity index (χ1v) is 8.33. The van der Waals surface area contributed by atoms with Crippen LogP contribution in [0.15, 0.2) is 56.8 Å². The molecule has 5 heteroatoms. The van der Waals surface area contributed by atoms with Gasteiger partial charge in [0.05, 0.1) is 0 Å². The SMILES string of the molecule is O=C(Nc1ccc2sccc2c1)c1cc(Br)cc(Br)c1.